The molecule has 1 aliphatic heterocycles. The fourth-order valence-corrected chi connectivity index (χ4v) is 5.31. The number of hydrogen-bond acceptors (Lipinski definition) is 7. The second-order valence-electron chi connectivity index (χ2n) is 10.1. The molecule has 0 N–H and O–H groups in total. The number of nitro groups is 1. The van der Waals surface area contributed by atoms with Gasteiger partial charge in [-0.3, -0.25) is 14.9 Å². The average molecular weight is 548 g/mol. The molecule has 1 amide bonds. The Hall–Kier alpha value is -5.12. The first-order valence-corrected chi connectivity index (χ1v) is 13.6. The Morgan fingerprint density at radius 1 is 0.902 bits per heavy atom. The van der Waals surface area contributed by atoms with Crippen LogP contribution in [-0.4, -0.2) is 61.7 Å². The van der Waals surface area contributed by atoms with Crippen molar-refractivity contribution in [1.82, 2.24) is 24.6 Å². The number of carbonyl (C=O) groups excluding carboxylic acids is 1. The Bertz CT molecular complexity index is 1720. The largest absolute Gasteiger partial charge is 0.354 e. The maximum absolute atomic E-state index is 13.3. The van der Waals surface area contributed by atoms with Gasteiger partial charge in [0.25, 0.3) is 11.6 Å². The van der Waals surface area contributed by atoms with E-state index >= 15 is 0 Å². The third-order valence-corrected chi connectivity index (χ3v) is 7.32. The van der Waals surface area contributed by atoms with Gasteiger partial charge in [-0.1, -0.05) is 54.6 Å². The van der Waals surface area contributed by atoms with Gasteiger partial charge < -0.3 is 9.80 Å². The van der Waals surface area contributed by atoms with Crippen LogP contribution in [0.4, 0.5) is 11.5 Å². The summed E-state index contributed by atoms with van der Waals surface area (Å²) in [4.78, 5) is 38.1. The number of hydrogen-bond donors (Lipinski definition) is 0. The van der Waals surface area contributed by atoms with Crippen molar-refractivity contribution in [2.24, 2.45) is 0 Å². The summed E-state index contributed by atoms with van der Waals surface area (Å²) in [7, 11) is 0. The molecule has 0 radical (unpaired) electrons. The summed E-state index contributed by atoms with van der Waals surface area (Å²) in [5.74, 6) is 1.30. The molecule has 0 bridgehead atoms. The van der Waals surface area contributed by atoms with Crippen molar-refractivity contribution in [1.29, 1.82) is 0 Å². The number of aromatic nitrogens is 4. The minimum absolute atomic E-state index is 0.0903. The summed E-state index contributed by atoms with van der Waals surface area (Å²) in [5.41, 5.74) is 3.85. The monoisotopic (exact) mass is 547 g/mol. The molecule has 10 heteroatoms. The van der Waals surface area contributed by atoms with Gasteiger partial charge in [0.05, 0.1) is 21.7 Å². The number of nitrogens with zero attached hydrogens (tertiary/aromatic N) is 7. The molecule has 1 fully saturated rings. The van der Waals surface area contributed by atoms with Gasteiger partial charge in [-0.15, -0.1) is 0 Å². The Balaban J connectivity index is 1.35. The zero-order chi connectivity index (χ0) is 28.3. The molecule has 0 spiro atoms. The number of amides is 1. The molecule has 0 unspecified atom stereocenters. The van der Waals surface area contributed by atoms with Gasteiger partial charge in [-0.2, -0.15) is 5.10 Å². The average Bonchev–Trinajstić information content (AvgIpc) is 3.16. The van der Waals surface area contributed by atoms with E-state index in [0.29, 0.717) is 44.0 Å². The van der Waals surface area contributed by atoms with Crippen molar-refractivity contribution < 1.29 is 9.72 Å². The van der Waals surface area contributed by atoms with Crippen LogP contribution in [0.1, 0.15) is 33.9 Å². The first kappa shape index (κ1) is 26.1. The topological polar surface area (TPSA) is 110 Å². The molecule has 3 aromatic carbocycles. The maximum atomic E-state index is 13.3. The van der Waals surface area contributed by atoms with Crippen LogP contribution < -0.4 is 4.90 Å². The molecular weight excluding hydrogens is 518 g/mol. The molecule has 0 saturated carbocycles. The smallest absolute Gasteiger partial charge is 0.270 e. The van der Waals surface area contributed by atoms with Crippen LogP contribution in [0.25, 0.3) is 16.7 Å². The van der Waals surface area contributed by atoms with Crippen LogP contribution in [0, 0.1) is 17.0 Å². The molecule has 3 heterocycles. The lowest BCUT2D eigenvalue weighted by atomic mass is 10.1. The SMILES string of the molecule is Cc1nn(-c2ccccc2)c2nc(Cc3ccccc3)nc(N3CCCN(C(=O)c4cccc([N+](=O)[O-])c4)CC3)c12. The Kier molecular flexibility index (Phi) is 7.11. The number of benzene rings is 3. The van der Waals surface area contributed by atoms with Gasteiger partial charge in [0.15, 0.2) is 5.65 Å². The fourth-order valence-electron chi connectivity index (χ4n) is 5.31. The Morgan fingerprint density at radius 2 is 1.66 bits per heavy atom. The van der Waals surface area contributed by atoms with Crippen LogP contribution in [-0.2, 0) is 6.42 Å². The summed E-state index contributed by atoms with van der Waals surface area (Å²) >= 11 is 0. The van der Waals surface area contributed by atoms with E-state index in [-0.39, 0.29) is 11.6 Å². The predicted molar refractivity (Wildman–Crippen MR) is 156 cm³/mol. The molecule has 10 nitrogen and oxygen atoms in total. The van der Waals surface area contributed by atoms with Crippen LogP contribution >= 0.6 is 0 Å². The van der Waals surface area contributed by atoms with Crippen molar-refractivity contribution >= 4 is 28.4 Å². The number of nitro benzene ring substituents is 1. The lowest BCUT2D eigenvalue weighted by Crippen LogP contribution is -2.35. The van der Waals surface area contributed by atoms with Crippen molar-refractivity contribution in [2.45, 2.75) is 19.8 Å². The second-order valence-corrected chi connectivity index (χ2v) is 10.1. The molecule has 0 aliphatic carbocycles. The van der Waals surface area contributed by atoms with Gasteiger partial charge >= 0.3 is 0 Å². The molecule has 6 rings (SSSR count). The van der Waals surface area contributed by atoms with Gasteiger partial charge in [0.2, 0.25) is 0 Å². The van der Waals surface area contributed by atoms with E-state index in [1.54, 1.807) is 17.0 Å². The zero-order valence-corrected chi connectivity index (χ0v) is 22.7. The highest BCUT2D eigenvalue weighted by Crippen LogP contribution is 2.30. The highest BCUT2D eigenvalue weighted by atomic mass is 16.6. The van der Waals surface area contributed by atoms with E-state index in [4.69, 9.17) is 15.1 Å². The summed E-state index contributed by atoms with van der Waals surface area (Å²) in [5, 5.41) is 17.0. The van der Waals surface area contributed by atoms with Crippen LogP contribution in [0.15, 0.2) is 84.9 Å². The number of carbonyl (C=O) groups is 1. The standard InChI is InChI=1S/C31H29N7O3/c1-22-28-29(35-16-9-17-36(19-18-35)31(39)24-12-8-15-26(21-24)38(40)41)32-27(20-23-10-4-2-5-11-23)33-30(28)37(34-22)25-13-6-3-7-14-25/h2-8,10-15,21H,9,16-20H2,1H3. The highest BCUT2D eigenvalue weighted by Gasteiger charge is 2.26. The van der Waals surface area contributed by atoms with Crippen molar-refractivity contribution in [3.05, 3.63) is 118 Å². The van der Waals surface area contributed by atoms with Crippen molar-refractivity contribution in [3.8, 4) is 5.69 Å². The quantitative estimate of drug-likeness (QED) is 0.218. The summed E-state index contributed by atoms with van der Waals surface area (Å²) in [6, 6.07) is 26.0. The van der Waals surface area contributed by atoms with Gasteiger partial charge in [0.1, 0.15) is 11.6 Å². The van der Waals surface area contributed by atoms with E-state index in [9.17, 15) is 14.9 Å². The molecule has 5 aromatic rings. The van der Waals surface area contributed by atoms with Gasteiger partial charge in [-0.25, -0.2) is 14.6 Å². The summed E-state index contributed by atoms with van der Waals surface area (Å²) in [6.45, 7) is 4.25. The first-order chi connectivity index (χ1) is 20.0. The third kappa shape index (κ3) is 5.36. The normalized spacial score (nSPS) is 13.8. The third-order valence-electron chi connectivity index (χ3n) is 7.32. The van der Waals surface area contributed by atoms with Crippen LogP contribution in [0.3, 0.4) is 0 Å². The molecule has 206 valence electrons. The number of anilines is 1. The Morgan fingerprint density at radius 3 is 2.41 bits per heavy atom. The van der Waals surface area contributed by atoms with Crippen molar-refractivity contribution in [2.75, 3.05) is 31.1 Å². The lowest BCUT2D eigenvalue weighted by molar-refractivity contribution is -0.384. The minimum atomic E-state index is -0.480. The van der Waals surface area contributed by atoms with Gasteiger partial charge in [-0.05, 0) is 37.1 Å². The number of non-ortho nitro benzene ring substituents is 1. The van der Waals surface area contributed by atoms with E-state index in [0.717, 1.165) is 40.2 Å². The number of fused-ring (bicyclic) bond motifs is 1. The lowest BCUT2D eigenvalue weighted by Gasteiger charge is -2.24. The summed E-state index contributed by atoms with van der Waals surface area (Å²) < 4.78 is 1.88. The first-order valence-electron chi connectivity index (χ1n) is 13.6. The molecule has 2 aromatic heterocycles. The molecule has 41 heavy (non-hydrogen) atoms. The van der Waals surface area contributed by atoms with E-state index in [2.05, 4.69) is 17.0 Å². The molecular formula is C31H29N7O3. The van der Waals surface area contributed by atoms with Crippen molar-refractivity contribution in [3.63, 3.8) is 0 Å². The zero-order valence-electron chi connectivity index (χ0n) is 22.7. The van der Waals surface area contributed by atoms with E-state index < -0.39 is 4.92 Å². The number of para-hydroxylation sites is 1. The highest BCUT2D eigenvalue weighted by molar-refractivity contribution is 5.95. The van der Waals surface area contributed by atoms with Gasteiger partial charge in [0, 0.05) is 50.3 Å². The second kappa shape index (κ2) is 11.2. The molecule has 0 atom stereocenters. The fraction of sp³-hybridized carbons (Fsp3) is 0.226. The van der Waals surface area contributed by atoms with Crippen LogP contribution in [0.5, 0.6) is 0 Å². The predicted octanol–water partition coefficient (Wildman–Crippen LogP) is 4.98. The molecule has 1 aliphatic rings. The Labute approximate surface area is 237 Å². The van der Waals surface area contributed by atoms with E-state index in [1.165, 1.54) is 12.1 Å². The minimum Gasteiger partial charge on any atom is -0.354 e. The maximum Gasteiger partial charge on any atom is 0.270 e. The number of aryl methyl sites for hydroxylation is 1. The summed E-state index contributed by atoms with van der Waals surface area (Å²) in [6.07, 6.45) is 1.31. The number of rotatable bonds is 6. The van der Waals surface area contributed by atoms with E-state index in [1.807, 2.05) is 60.1 Å². The van der Waals surface area contributed by atoms with Crippen LogP contribution in [0.2, 0.25) is 0 Å². The molecule has 1 saturated heterocycles.